The third-order valence-corrected chi connectivity index (χ3v) is 5.81. The van der Waals surface area contributed by atoms with Gasteiger partial charge in [0.05, 0.1) is 14.2 Å². The number of rotatable bonds is 4. The van der Waals surface area contributed by atoms with Crippen LogP contribution in [0.2, 0.25) is 0 Å². The van der Waals surface area contributed by atoms with Gasteiger partial charge in [0.1, 0.15) is 21.0 Å². The van der Waals surface area contributed by atoms with Crippen molar-refractivity contribution < 1.29 is 9.47 Å². The van der Waals surface area contributed by atoms with E-state index in [9.17, 15) is 0 Å². The monoisotopic (exact) mass is 342 g/mol. The first-order valence-corrected chi connectivity index (χ1v) is 9.20. The number of methoxy groups -OCH3 is 2. The van der Waals surface area contributed by atoms with E-state index < -0.39 is 0 Å². The Labute approximate surface area is 149 Å². The van der Waals surface area contributed by atoms with Crippen molar-refractivity contribution in [3.63, 3.8) is 0 Å². The third-order valence-electron chi connectivity index (χ3n) is 4.44. The van der Waals surface area contributed by atoms with Crippen LogP contribution in [0.3, 0.4) is 0 Å². The van der Waals surface area contributed by atoms with Gasteiger partial charge in [-0.2, -0.15) is 0 Å². The zero-order valence-corrected chi connectivity index (χ0v) is 15.2. The van der Waals surface area contributed by atoms with Gasteiger partial charge in [-0.1, -0.05) is 60.7 Å². The Kier molecular flexibility index (Phi) is 4.16. The maximum Gasteiger partial charge on any atom is 0.126 e. The highest BCUT2D eigenvalue weighted by molar-refractivity contribution is 6.72. The van der Waals surface area contributed by atoms with Crippen molar-refractivity contribution in [2.45, 2.75) is 0 Å². The van der Waals surface area contributed by atoms with Gasteiger partial charge >= 0.3 is 0 Å². The van der Waals surface area contributed by atoms with Crippen molar-refractivity contribution in [3.05, 3.63) is 72.8 Å². The van der Waals surface area contributed by atoms with Crippen molar-refractivity contribution in [1.82, 2.24) is 0 Å². The van der Waals surface area contributed by atoms with E-state index in [2.05, 4.69) is 48.5 Å². The molecule has 0 saturated heterocycles. The van der Waals surface area contributed by atoms with Gasteiger partial charge in [-0.25, -0.2) is 0 Å². The summed E-state index contributed by atoms with van der Waals surface area (Å²) >= 11 is 0. The number of benzene rings is 4. The van der Waals surface area contributed by atoms with Crippen LogP contribution in [0.15, 0.2) is 72.8 Å². The molecule has 0 fully saturated rings. The zero-order chi connectivity index (χ0) is 17.2. The molecule has 0 saturated carbocycles. The molecule has 0 heterocycles. The van der Waals surface area contributed by atoms with Gasteiger partial charge < -0.3 is 9.47 Å². The Bertz CT molecular complexity index is 960. The van der Waals surface area contributed by atoms with E-state index >= 15 is 0 Å². The van der Waals surface area contributed by atoms with Crippen molar-refractivity contribution in [2.75, 3.05) is 14.2 Å². The molecule has 2 nitrogen and oxygen atoms in total. The van der Waals surface area contributed by atoms with Gasteiger partial charge in [0.15, 0.2) is 0 Å². The van der Waals surface area contributed by atoms with E-state index in [1.165, 1.54) is 31.9 Å². The van der Waals surface area contributed by atoms with Gasteiger partial charge in [-0.15, -0.1) is 0 Å². The highest BCUT2D eigenvalue weighted by atomic mass is 28.2. The first kappa shape index (κ1) is 15.7. The molecule has 4 rings (SSSR count). The fourth-order valence-electron chi connectivity index (χ4n) is 3.31. The minimum absolute atomic E-state index is 0.523. The van der Waals surface area contributed by atoms with Crippen LogP contribution < -0.4 is 19.8 Å². The normalized spacial score (nSPS) is 11.0. The predicted molar refractivity (Wildman–Crippen MR) is 106 cm³/mol. The van der Waals surface area contributed by atoms with Crippen LogP contribution in [0.1, 0.15) is 0 Å². The quantitative estimate of drug-likeness (QED) is 0.527. The molecule has 2 radical (unpaired) electrons. The van der Waals surface area contributed by atoms with Crippen LogP contribution in [0.5, 0.6) is 11.5 Å². The topological polar surface area (TPSA) is 18.5 Å². The summed E-state index contributed by atoms with van der Waals surface area (Å²) in [5, 5.41) is 7.37. The lowest BCUT2D eigenvalue weighted by atomic mass is 10.1. The Morgan fingerprint density at radius 2 is 0.960 bits per heavy atom. The van der Waals surface area contributed by atoms with E-state index in [1.54, 1.807) is 14.2 Å². The summed E-state index contributed by atoms with van der Waals surface area (Å²) in [5.74, 6) is 1.85. The zero-order valence-electron chi connectivity index (χ0n) is 14.2. The summed E-state index contributed by atoms with van der Waals surface area (Å²) in [4.78, 5) is 0. The second-order valence-electron chi connectivity index (χ2n) is 5.85. The molecule has 0 aliphatic rings. The Balaban J connectivity index is 1.92. The minimum Gasteiger partial charge on any atom is -0.496 e. The third kappa shape index (κ3) is 2.77. The molecule has 0 atom stereocenters. The summed E-state index contributed by atoms with van der Waals surface area (Å²) in [6.07, 6.45) is 0. The Morgan fingerprint density at radius 3 is 1.36 bits per heavy atom. The molecule has 25 heavy (non-hydrogen) atoms. The molecule has 0 bridgehead atoms. The molecule has 0 aliphatic carbocycles. The maximum absolute atomic E-state index is 5.62. The van der Waals surface area contributed by atoms with Crippen molar-refractivity contribution in [1.29, 1.82) is 0 Å². The second kappa shape index (κ2) is 6.61. The summed E-state index contributed by atoms with van der Waals surface area (Å²) in [6.45, 7) is 0. The molecule has 4 aromatic carbocycles. The second-order valence-corrected chi connectivity index (χ2v) is 7.18. The van der Waals surface area contributed by atoms with E-state index in [1.807, 2.05) is 24.3 Å². The van der Waals surface area contributed by atoms with Crippen molar-refractivity contribution >= 4 is 41.4 Å². The van der Waals surface area contributed by atoms with Crippen LogP contribution in [0.25, 0.3) is 21.5 Å². The predicted octanol–water partition coefficient (Wildman–Crippen LogP) is 3.67. The molecule has 122 valence electrons. The van der Waals surface area contributed by atoms with Gasteiger partial charge in [-0.05, 0) is 33.3 Å². The summed E-state index contributed by atoms with van der Waals surface area (Å²) in [5.41, 5.74) is 0. The molecule has 0 aromatic heterocycles. The molecular formula is C22H18O2Si. The number of hydrogen-bond donors (Lipinski definition) is 0. The molecule has 0 amide bonds. The first-order chi connectivity index (χ1) is 12.3. The average molecular weight is 342 g/mol. The molecule has 0 spiro atoms. The summed E-state index contributed by atoms with van der Waals surface area (Å²) in [7, 11) is 3.99. The fourth-order valence-corrected chi connectivity index (χ4v) is 4.74. The lowest BCUT2D eigenvalue weighted by Gasteiger charge is -2.13. The van der Waals surface area contributed by atoms with E-state index in [0.717, 1.165) is 11.5 Å². The largest absolute Gasteiger partial charge is 0.496 e. The molecular weight excluding hydrogens is 324 g/mol. The van der Waals surface area contributed by atoms with E-state index in [4.69, 9.17) is 9.47 Å². The van der Waals surface area contributed by atoms with Gasteiger partial charge in [0.25, 0.3) is 0 Å². The highest BCUT2D eigenvalue weighted by Crippen LogP contribution is 2.25. The molecule has 0 unspecified atom stereocenters. The Hall–Kier alpha value is -2.78. The summed E-state index contributed by atoms with van der Waals surface area (Å²) < 4.78 is 11.2. The molecule has 0 aliphatic heterocycles. The SMILES string of the molecule is COc1cccc2cccc([Si]c3cccc4cccc(OC)c34)c12. The van der Waals surface area contributed by atoms with Crippen LogP contribution in [0.4, 0.5) is 0 Å². The van der Waals surface area contributed by atoms with Crippen LogP contribution in [-0.2, 0) is 0 Å². The first-order valence-electron chi connectivity index (χ1n) is 8.20. The van der Waals surface area contributed by atoms with Crippen LogP contribution in [-0.4, -0.2) is 23.7 Å². The van der Waals surface area contributed by atoms with Gasteiger partial charge in [0, 0.05) is 10.8 Å². The average Bonchev–Trinajstić information content (AvgIpc) is 2.67. The van der Waals surface area contributed by atoms with E-state index in [0.29, 0.717) is 9.52 Å². The van der Waals surface area contributed by atoms with Crippen LogP contribution in [0, 0.1) is 0 Å². The maximum atomic E-state index is 5.62. The number of fused-ring (bicyclic) bond motifs is 2. The highest BCUT2D eigenvalue weighted by Gasteiger charge is 2.12. The molecule has 0 N–H and O–H groups in total. The van der Waals surface area contributed by atoms with Crippen molar-refractivity contribution in [2.24, 2.45) is 0 Å². The minimum atomic E-state index is 0.523. The van der Waals surface area contributed by atoms with Crippen LogP contribution >= 0.6 is 0 Å². The van der Waals surface area contributed by atoms with Crippen molar-refractivity contribution in [3.8, 4) is 11.5 Å². The van der Waals surface area contributed by atoms with Gasteiger partial charge in [0.2, 0.25) is 0 Å². The number of ether oxygens (including phenoxy) is 2. The number of hydrogen-bond acceptors (Lipinski definition) is 2. The lowest BCUT2D eigenvalue weighted by molar-refractivity contribution is 0.420. The lowest BCUT2D eigenvalue weighted by Crippen LogP contribution is -2.28. The fraction of sp³-hybridized carbons (Fsp3) is 0.0909. The smallest absolute Gasteiger partial charge is 0.126 e. The molecule has 4 aromatic rings. The summed E-state index contributed by atoms with van der Waals surface area (Å²) in [6, 6.07) is 25.3. The van der Waals surface area contributed by atoms with Gasteiger partial charge in [-0.3, -0.25) is 0 Å². The Morgan fingerprint density at radius 1 is 0.560 bits per heavy atom. The standard InChI is InChI=1S/C22H18O2Si/c1-23-17-11-3-7-15-9-5-13-19(21(15)17)25-20-14-6-10-16-8-4-12-18(24-2)22(16)20/h3-14H,1-2H3. The molecule has 3 heteroatoms. The van der Waals surface area contributed by atoms with E-state index in [-0.39, 0.29) is 0 Å².